The summed E-state index contributed by atoms with van der Waals surface area (Å²) in [7, 11) is 1.40. The third kappa shape index (κ3) is 3.96. The topological polar surface area (TPSA) is 84.7 Å². The highest BCUT2D eigenvalue weighted by Crippen LogP contribution is 2.38. The zero-order chi connectivity index (χ0) is 22.9. The number of rotatable bonds is 5. The second-order valence-electron chi connectivity index (χ2n) is 9.08. The molecule has 0 unspecified atom stereocenters. The predicted molar refractivity (Wildman–Crippen MR) is 124 cm³/mol. The van der Waals surface area contributed by atoms with E-state index in [2.05, 4.69) is 16.7 Å². The first-order chi connectivity index (χ1) is 16.1. The fourth-order valence-corrected chi connectivity index (χ4v) is 5.41. The number of ether oxygens (including phenoxy) is 1. The summed E-state index contributed by atoms with van der Waals surface area (Å²) >= 11 is 0. The van der Waals surface area contributed by atoms with Crippen LogP contribution in [0.25, 0.3) is 11.0 Å². The van der Waals surface area contributed by atoms with Crippen molar-refractivity contribution >= 4 is 23.1 Å². The Hall–Kier alpha value is -3.35. The fraction of sp³-hybridized carbons (Fsp3) is 0.423. The molecule has 2 aromatic carbocycles. The van der Waals surface area contributed by atoms with Crippen LogP contribution in [0.1, 0.15) is 60.0 Å². The SMILES string of the molecule is COC(=O)N1CCc2ccc3c(nc(C4CCCC4)n3C[C@@H](C(=O)O)c3ccccc3)c2C1. The van der Waals surface area contributed by atoms with Gasteiger partial charge in [0.25, 0.3) is 0 Å². The Morgan fingerprint density at radius 1 is 1.15 bits per heavy atom. The van der Waals surface area contributed by atoms with Crippen LogP contribution in [-0.4, -0.2) is 45.3 Å². The molecule has 1 aliphatic heterocycles. The molecule has 1 saturated carbocycles. The number of carbonyl (C=O) groups is 2. The predicted octanol–water partition coefficient (Wildman–Crippen LogP) is 4.69. The number of carbonyl (C=O) groups excluding carboxylic acids is 1. The highest BCUT2D eigenvalue weighted by Gasteiger charge is 2.30. The number of carboxylic acid groups (broad SMARTS) is 1. The number of methoxy groups -OCH3 is 1. The lowest BCUT2D eigenvalue weighted by Gasteiger charge is -2.27. The molecular formula is C26H29N3O4. The zero-order valence-electron chi connectivity index (χ0n) is 18.9. The number of fused-ring (bicyclic) bond motifs is 3. The first-order valence-corrected chi connectivity index (χ1v) is 11.7. The number of amides is 1. The molecule has 3 aromatic rings. The van der Waals surface area contributed by atoms with Gasteiger partial charge in [-0.15, -0.1) is 0 Å². The van der Waals surface area contributed by atoms with E-state index in [9.17, 15) is 14.7 Å². The molecule has 0 spiro atoms. The maximum absolute atomic E-state index is 12.3. The van der Waals surface area contributed by atoms with Crippen LogP contribution in [0.5, 0.6) is 0 Å². The molecule has 1 atom stereocenters. The van der Waals surface area contributed by atoms with Gasteiger partial charge in [-0.05, 0) is 36.5 Å². The molecule has 7 nitrogen and oxygen atoms in total. The lowest BCUT2D eigenvalue weighted by atomic mass is 9.97. The molecule has 1 aromatic heterocycles. The van der Waals surface area contributed by atoms with Crippen LogP contribution in [0.3, 0.4) is 0 Å². The molecule has 33 heavy (non-hydrogen) atoms. The van der Waals surface area contributed by atoms with E-state index in [-0.39, 0.29) is 6.09 Å². The Morgan fingerprint density at radius 3 is 2.61 bits per heavy atom. The van der Waals surface area contributed by atoms with Crippen molar-refractivity contribution < 1.29 is 19.4 Å². The normalized spacial score (nSPS) is 17.2. The highest BCUT2D eigenvalue weighted by molar-refractivity contribution is 5.83. The summed E-state index contributed by atoms with van der Waals surface area (Å²) in [6.07, 6.45) is 4.91. The van der Waals surface area contributed by atoms with Crippen molar-refractivity contribution in [1.82, 2.24) is 14.5 Å². The van der Waals surface area contributed by atoms with Gasteiger partial charge in [0.2, 0.25) is 0 Å². The Bertz CT molecular complexity index is 1180. The van der Waals surface area contributed by atoms with Crippen molar-refractivity contribution in [3.8, 4) is 0 Å². The first kappa shape index (κ1) is 21.5. The largest absolute Gasteiger partial charge is 0.481 e. The molecule has 172 valence electrons. The lowest BCUT2D eigenvalue weighted by molar-refractivity contribution is -0.139. The summed E-state index contributed by atoms with van der Waals surface area (Å²) in [5.74, 6) is -0.187. The molecule has 2 heterocycles. The molecule has 0 saturated heterocycles. The summed E-state index contributed by atoms with van der Waals surface area (Å²) in [5, 5.41) is 10.1. The van der Waals surface area contributed by atoms with Crippen molar-refractivity contribution in [2.45, 2.75) is 57.0 Å². The summed E-state index contributed by atoms with van der Waals surface area (Å²) in [4.78, 5) is 31.3. The number of carboxylic acids is 1. The van der Waals surface area contributed by atoms with Gasteiger partial charge in [0.05, 0.1) is 30.6 Å². The van der Waals surface area contributed by atoms with E-state index in [1.54, 1.807) is 4.90 Å². The smallest absolute Gasteiger partial charge is 0.409 e. The molecule has 2 aliphatic rings. The number of aromatic nitrogens is 2. The minimum Gasteiger partial charge on any atom is -0.481 e. The summed E-state index contributed by atoms with van der Waals surface area (Å²) in [6.45, 7) is 1.42. The molecule has 1 N–H and O–H groups in total. The number of benzene rings is 2. The number of hydrogen-bond acceptors (Lipinski definition) is 4. The van der Waals surface area contributed by atoms with Gasteiger partial charge in [-0.1, -0.05) is 49.2 Å². The van der Waals surface area contributed by atoms with E-state index in [1.807, 2.05) is 30.3 Å². The molecule has 1 aliphatic carbocycles. The molecule has 0 bridgehead atoms. The van der Waals surface area contributed by atoms with Crippen molar-refractivity contribution in [1.29, 1.82) is 0 Å². The summed E-state index contributed by atoms with van der Waals surface area (Å²) in [5.41, 5.74) is 4.88. The third-order valence-electron chi connectivity index (χ3n) is 7.17. The van der Waals surface area contributed by atoms with E-state index in [1.165, 1.54) is 25.5 Å². The van der Waals surface area contributed by atoms with Gasteiger partial charge in [-0.3, -0.25) is 4.79 Å². The number of imidazole rings is 1. The van der Waals surface area contributed by atoms with E-state index in [0.29, 0.717) is 25.6 Å². The number of hydrogen-bond donors (Lipinski definition) is 1. The molecule has 1 amide bonds. The van der Waals surface area contributed by atoms with Crippen molar-refractivity contribution in [2.75, 3.05) is 13.7 Å². The van der Waals surface area contributed by atoms with Crippen LogP contribution in [-0.2, 0) is 29.0 Å². The Morgan fingerprint density at radius 2 is 1.91 bits per heavy atom. The average molecular weight is 448 g/mol. The van der Waals surface area contributed by atoms with Gasteiger partial charge < -0.3 is 19.3 Å². The third-order valence-corrected chi connectivity index (χ3v) is 7.17. The maximum atomic E-state index is 12.3. The Labute approximate surface area is 193 Å². The van der Waals surface area contributed by atoms with Gasteiger partial charge >= 0.3 is 12.1 Å². The van der Waals surface area contributed by atoms with Gasteiger partial charge in [-0.2, -0.15) is 0 Å². The molecule has 1 fully saturated rings. The molecule has 5 rings (SSSR count). The van der Waals surface area contributed by atoms with E-state index < -0.39 is 11.9 Å². The van der Waals surface area contributed by atoms with E-state index in [0.717, 1.165) is 47.2 Å². The van der Waals surface area contributed by atoms with E-state index >= 15 is 0 Å². The second kappa shape index (κ2) is 8.89. The summed E-state index contributed by atoms with van der Waals surface area (Å²) in [6, 6.07) is 13.6. The van der Waals surface area contributed by atoms with Crippen LogP contribution in [0.15, 0.2) is 42.5 Å². The first-order valence-electron chi connectivity index (χ1n) is 11.7. The number of nitrogens with zero attached hydrogens (tertiary/aromatic N) is 3. The van der Waals surface area contributed by atoms with Crippen LogP contribution < -0.4 is 0 Å². The maximum Gasteiger partial charge on any atom is 0.409 e. The zero-order valence-corrected chi connectivity index (χ0v) is 18.9. The lowest BCUT2D eigenvalue weighted by Crippen LogP contribution is -2.35. The Kier molecular flexibility index (Phi) is 5.79. The minimum atomic E-state index is -0.838. The van der Waals surface area contributed by atoms with Crippen molar-refractivity contribution in [3.63, 3.8) is 0 Å². The molecular weight excluding hydrogens is 418 g/mol. The average Bonchev–Trinajstić information content (AvgIpc) is 3.50. The second-order valence-corrected chi connectivity index (χ2v) is 9.08. The van der Waals surface area contributed by atoms with Gasteiger partial charge in [0.1, 0.15) is 5.82 Å². The van der Waals surface area contributed by atoms with E-state index in [4.69, 9.17) is 9.72 Å². The number of aliphatic carboxylic acids is 1. The summed E-state index contributed by atoms with van der Waals surface area (Å²) < 4.78 is 7.08. The minimum absolute atomic E-state index is 0.330. The quantitative estimate of drug-likeness (QED) is 0.614. The van der Waals surface area contributed by atoms with Crippen LogP contribution in [0, 0.1) is 0 Å². The Balaban J connectivity index is 1.62. The van der Waals surface area contributed by atoms with Crippen LogP contribution in [0.2, 0.25) is 0 Å². The van der Waals surface area contributed by atoms with Gasteiger partial charge in [-0.25, -0.2) is 9.78 Å². The van der Waals surface area contributed by atoms with Crippen LogP contribution in [0.4, 0.5) is 4.79 Å². The van der Waals surface area contributed by atoms with Gasteiger partial charge in [0.15, 0.2) is 0 Å². The monoisotopic (exact) mass is 447 g/mol. The fourth-order valence-electron chi connectivity index (χ4n) is 5.41. The standard InChI is InChI=1S/C26H29N3O4/c1-33-26(32)28-14-13-18-11-12-22-23(20(18)15-28)27-24(19-9-5-6-10-19)29(22)16-21(25(30)31)17-7-3-2-4-8-17/h2-4,7-8,11-12,19,21H,5-6,9-10,13-16H2,1H3,(H,30,31)/t21-/m1/s1. The van der Waals surface area contributed by atoms with Crippen LogP contribution >= 0.6 is 0 Å². The highest BCUT2D eigenvalue weighted by atomic mass is 16.5. The van der Waals surface area contributed by atoms with Crippen molar-refractivity contribution in [3.05, 3.63) is 65.0 Å². The molecule has 0 radical (unpaired) electrons. The van der Waals surface area contributed by atoms with Gasteiger partial charge in [0, 0.05) is 24.6 Å². The molecule has 7 heteroatoms. The van der Waals surface area contributed by atoms with Crippen molar-refractivity contribution in [2.24, 2.45) is 0 Å².